The smallest absolute Gasteiger partial charge is 0.363 e. The summed E-state index contributed by atoms with van der Waals surface area (Å²) in [6.07, 6.45) is -1.03. The number of hydrogen-bond donors (Lipinski definition) is 1. The monoisotopic (exact) mass is 451 g/mol. The van der Waals surface area contributed by atoms with E-state index in [1.54, 1.807) is 33.1 Å². The van der Waals surface area contributed by atoms with E-state index in [0.29, 0.717) is 0 Å². The van der Waals surface area contributed by atoms with Gasteiger partial charge in [-0.05, 0) is 46.8 Å². The number of thioether (sulfide) groups is 1. The van der Waals surface area contributed by atoms with Crippen molar-refractivity contribution in [3.05, 3.63) is 41.4 Å². The molecule has 30 heavy (non-hydrogen) atoms. The van der Waals surface area contributed by atoms with E-state index in [2.05, 4.69) is 10.1 Å². The van der Waals surface area contributed by atoms with E-state index in [9.17, 15) is 9.59 Å². The van der Waals surface area contributed by atoms with Crippen LogP contribution < -0.4 is 5.73 Å². The van der Waals surface area contributed by atoms with Crippen LogP contribution in [0.3, 0.4) is 0 Å². The molecule has 2 unspecified atom stereocenters. The van der Waals surface area contributed by atoms with E-state index in [0.717, 1.165) is 16.2 Å². The van der Waals surface area contributed by atoms with E-state index < -0.39 is 29.1 Å². The zero-order valence-electron chi connectivity index (χ0n) is 17.4. The molecule has 1 heterocycles. The van der Waals surface area contributed by atoms with Gasteiger partial charge in [-0.3, -0.25) is 0 Å². The Kier molecular flexibility index (Phi) is 8.24. The molecule has 0 spiro atoms. The molecule has 0 saturated heterocycles. The van der Waals surface area contributed by atoms with Crippen LogP contribution >= 0.6 is 23.1 Å². The van der Waals surface area contributed by atoms with E-state index in [-0.39, 0.29) is 16.5 Å². The molecule has 0 fully saturated rings. The lowest BCUT2D eigenvalue weighted by Crippen LogP contribution is -2.31. The Morgan fingerprint density at radius 1 is 1.20 bits per heavy atom. The van der Waals surface area contributed by atoms with Crippen molar-refractivity contribution in [2.45, 2.75) is 56.7 Å². The number of aromatic nitrogens is 1. The molecule has 0 amide bonds. The summed E-state index contributed by atoms with van der Waals surface area (Å²) >= 11 is 2.52. The van der Waals surface area contributed by atoms with Gasteiger partial charge in [0, 0.05) is 10.3 Å². The van der Waals surface area contributed by atoms with Crippen molar-refractivity contribution in [1.82, 2.24) is 4.98 Å². The van der Waals surface area contributed by atoms with Crippen molar-refractivity contribution in [3.63, 3.8) is 0 Å². The minimum atomic E-state index is -1.03. The Balaban J connectivity index is 2.11. The second-order valence-corrected chi connectivity index (χ2v) is 9.46. The molecule has 0 saturated carbocycles. The highest BCUT2D eigenvalue weighted by atomic mass is 32.2. The van der Waals surface area contributed by atoms with Crippen LogP contribution in [0.2, 0.25) is 0 Å². The Hall–Kier alpha value is -2.59. The fourth-order valence-corrected chi connectivity index (χ4v) is 3.45. The maximum Gasteiger partial charge on any atom is 0.363 e. The van der Waals surface area contributed by atoms with Gasteiger partial charge in [0.2, 0.25) is 11.8 Å². The molecule has 1 aromatic carbocycles. The predicted molar refractivity (Wildman–Crippen MR) is 117 cm³/mol. The topological polar surface area (TPSA) is 113 Å². The van der Waals surface area contributed by atoms with Gasteiger partial charge in [0.15, 0.2) is 5.13 Å². The van der Waals surface area contributed by atoms with Crippen molar-refractivity contribution < 1.29 is 23.9 Å². The fraction of sp³-hybridized carbons (Fsp3) is 0.400. The van der Waals surface area contributed by atoms with Crippen molar-refractivity contribution in [2.24, 2.45) is 5.16 Å². The van der Waals surface area contributed by atoms with E-state index in [1.165, 1.54) is 18.7 Å². The van der Waals surface area contributed by atoms with Gasteiger partial charge < -0.3 is 20.0 Å². The number of nitrogens with two attached hydrogens (primary N) is 1. The number of nitrogens with zero attached hydrogens (tertiary/aromatic N) is 2. The highest BCUT2D eigenvalue weighted by Crippen LogP contribution is 2.24. The van der Waals surface area contributed by atoms with Crippen molar-refractivity contribution in [2.75, 3.05) is 5.73 Å². The summed E-state index contributed by atoms with van der Waals surface area (Å²) in [4.78, 5) is 35.1. The van der Waals surface area contributed by atoms with Gasteiger partial charge in [-0.25, -0.2) is 14.6 Å². The summed E-state index contributed by atoms with van der Waals surface area (Å²) < 4.78 is 10.7. The third-order valence-corrected chi connectivity index (χ3v) is 4.96. The lowest BCUT2D eigenvalue weighted by Gasteiger charge is -2.21. The van der Waals surface area contributed by atoms with Gasteiger partial charge in [-0.2, -0.15) is 0 Å². The number of anilines is 1. The Morgan fingerprint density at radius 2 is 1.87 bits per heavy atom. The Bertz CT molecular complexity index is 893. The van der Waals surface area contributed by atoms with Crippen molar-refractivity contribution >= 4 is 45.9 Å². The number of oxime groups is 1. The van der Waals surface area contributed by atoms with Gasteiger partial charge in [0.25, 0.3) is 0 Å². The molecule has 2 aromatic rings. The SMILES string of the molecule is CC(OC(=O)C(=NOC(C)C(=O)OC(C)(C)C)c1csc(N)n1)Sc1ccccc1. The molecule has 162 valence electrons. The minimum absolute atomic E-state index is 0.182. The molecular formula is C20H25N3O5S2. The number of rotatable bonds is 8. The lowest BCUT2D eigenvalue weighted by molar-refractivity contribution is -0.167. The minimum Gasteiger partial charge on any atom is -0.457 e. The summed E-state index contributed by atoms with van der Waals surface area (Å²) in [5, 5.41) is 5.66. The molecule has 2 rings (SSSR count). The predicted octanol–water partition coefficient (Wildman–Crippen LogP) is 3.86. The van der Waals surface area contributed by atoms with Crippen LogP contribution in [0.25, 0.3) is 0 Å². The normalized spacial score (nSPS) is 14.0. The van der Waals surface area contributed by atoms with Gasteiger partial charge in [0.05, 0.1) is 0 Å². The van der Waals surface area contributed by atoms with Crippen LogP contribution in [-0.4, -0.2) is 39.8 Å². The van der Waals surface area contributed by atoms with Crippen LogP contribution in [0.1, 0.15) is 40.3 Å². The van der Waals surface area contributed by atoms with Gasteiger partial charge >= 0.3 is 11.9 Å². The van der Waals surface area contributed by atoms with Gasteiger partial charge in [0.1, 0.15) is 16.7 Å². The molecule has 0 radical (unpaired) electrons. The first-order valence-electron chi connectivity index (χ1n) is 9.16. The number of carbonyl (C=O) groups is 2. The first-order chi connectivity index (χ1) is 14.0. The molecule has 0 aliphatic carbocycles. The third-order valence-electron chi connectivity index (χ3n) is 3.32. The standard InChI is InChI=1S/C20H25N3O5S2/c1-12(17(24)27-20(3,4)5)28-23-16(15-11-29-19(21)22-15)18(25)26-13(2)30-14-9-7-6-8-10-14/h6-13H,1-5H3,(H2,21,22). The lowest BCUT2D eigenvalue weighted by atomic mass is 10.2. The van der Waals surface area contributed by atoms with Gasteiger partial charge in [-0.1, -0.05) is 35.1 Å². The highest BCUT2D eigenvalue weighted by Gasteiger charge is 2.26. The summed E-state index contributed by atoms with van der Waals surface area (Å²) in [6.45, 7) is 8.45. The fourth-order valence-electron chi connectivity index (χ4n) is 2.07. The molecule has 2 N–H and O–H groups in total. The first-order valence-corrected chi connectivity index (χ1v) is 10.9. The van der Waals surface area contributed by atoms with Crippen LogP contribution in [0.5, 0.6) is 0 Å². The highest BCUT2D eigenvalue weighted by molar-refractivity contribution is 7.99. The largest absolute Gasteiger partial charge is 0.457 e. The Morgan fingerprint density at radius 3 is 2.43 bits per heavy atom. The second kappa shape index (κ2) is 10.4. The first kappa shape index (κ1) is 23.7. The Labute approximate surface area is 183 Å². The molecule has 2 atom stereocenters. The third kappa shape index (κ3) is 7.68. The van der Waals surface area contributed by atoms with Crippen molar-refractivity contribution in [3.8, 4) is 0 Å². The summed E-state index contributed by atoms with van der Waals surface area (Å²) in [5.41, 5.74) is 4.53. The van der Waals surface area contributed by atoms with E-state index >= 15 is 0 Å². The van der Waals surface area contributed by atoms with Crippen LogP contribution in [-0.2, 0) is 23.9 Å². The molecule has 0 bridgehead atoms. The van der Waals surface area contributed by atoms with Crippen LogP contribution in [0.4, 0.5) is 5.13 Å². The molecule has 1 aromatic heterocycles. The maximum absolute atomic E-state index is 12.7. The van der Waals surface area contributed by atoms with Crippen LogP contribution in [0, 0.1) is 0 Å². The zero-order valence-corrected chi connectivity index (χ0v) is 19.1. The molecule has 10 heteroatoms. The maximum atomic E-state index is 12.7. The van der Waals surface area contributed by atoms with E-state index in [1.807, 2.05) is 30.3 Å². The average Bonchev–Trinajstić information content (AvgIpc) is 3.07. The number of nitrogen functional groups attached to an aromatic ring is 1. The number of esters is 2. The average molecular weight is 452 g/mol. The summed E-state index contributed by atoms with van der Waals surface area (Å²) in [7, 11) is 0. The summed E-state index contributed by atoms with van der Waals surface area (Å²) in [5.74, 6) is -1.35. The van der Waals surface area contributed by atoms with Crippen LogP contribution in [0.15, 0.2) is 45.8 Å². The zero-order chi connectivity index (χ0) is 22.3. The molecule has 0 aliphatic heterocycles. The molecular weight excluding hydrogens is 426 g/mol. The molecule has 8 nitrogen and oxygen atoms in total. The number of hydrogen-bond acceptors (Lipinski definition) is 10. The quantitative estimate of drug-likeness (QED) is 0.212. The molecule has 0 aliphatic rings. The number of thiazole rings is 1. The number of ether oxygens (including phenoxy) is 2. The number of carbonyl (C=O) groups excluding carboxylic acids is 2. The second-order valence-electron chi connectivity index (χ2n) is 7.20. The number of benzene rings is 1. The van der Waals surface area contributed by atoms with Gasteiger partial charge in [-0.15, -0.1) is 11.3 Å². The van der Waals surface area contributed by atoms with Crippen molar-refractivity contribution in [1.29, 1.82) is 0 Å². The van der Waals surface area contributed by atoms with E-state index in [4.69, 9.17) is 20.0 Å². The summed E-state index contributed by atoms with van der Waals surface area (Å²) in [6, 6.07) is 9.52.